The maximum absolute atomic E-state index is 12.2. The van der Waals surface area contributed by atoms with Gasteiger partial charge in [0.2, 0.25) is 0 Å². The van der Waals surface area contributed by atoms with Crippen LogP contribution < -0.4 is 11.1 Å². The van der Waals surface area contributed by atoms with Gasteiger partial charge in [-0.3, -0.25) is 4.79 Å². The summed E-state index contributed by atoms with van der Waals surface area (Å²) in [5.74, 6) is -0.223. The van der Waals surface area contributed by atoms with Crippen LogP contribution in [0.25, 0.3) is 0 Å². The molecule has 0 heterocycles. The van der Waals surface area contributed by atoms with Crippen LogP contribution >= 0.6 is 28.1 Å². The average Bonchev–Trinajstić information content (AvgIpc) is 2.43. The van der Waals surface area contributed by atoms with Gasteiger partial charge in [-0.1, -0.05) is 18.3 Å². The van der Waals surface area contributed by atoms with Gasteiger partial charge in [-0.25, -0.2) is 0 Å². The number of hydrogen-bond donors (Lipinski definition) is 3. The van der Waals surface area contributed by atoms with E-state index in [-0.39, 0.29) is 16.6 Å². The number of benzene rings is 2. The molecule has 1 amide bonds. The number of phenols is 1. The van der Waals surface area contributed by atoms with Crippen LogP contribution in [0.15, 0.2) is 40.9 Å². The van der Waals surface area contributed by atoms with Gasteiger partial charge < -0.3 is 16.2 Å². The first-order valence-corrected chi connectivity index (χ1v) is 7.29. The van der Waals surface area contributed by atoms with Crippen LogP contribution in [0.3, 0.4) is 0 Å². The van der Waals surface area contributed by atoms with Gasteiger partial charge in [0.05, 0.1) is 5.69 Å². The summed E-state index contributed by atoms with van der Waals surface area (Å²) >= 11 is 8.26. The second-order valence-corrected chi connectivity index (χ2v) is 5.81. The average molecular weight is 365 g/mol. The number of phenolic OH excluding ortho intramolecular Hbond substituents is 1. The second kappa shape index (κ2) is 6.24. The molecule has 0 bridgehead atoms. The minimum atomic E-state index is -0.311. The predicted molar refractivity (Wildman–Crippen MR) is 90.8 cm³/mol. The number of carbonyl (C=O) groups is 1. The van der Waals surface area contributed by atoms with Gasteiger partial charge in [0.25, 0.3) is 5.91 Å². The number of rotatable bonds is 3. The Kier molecular flexibility index (Phi) is 4.59. The number of carbonyl (C=O) groups excluding carboxylic acids is 1. The summed E-state index contributed by atoms with van der Waals surface area (Å²) < 4.78 is 0.678. The van der Waals surface area contributed by atoms with Crippen LogP contribution in [0.4, 0.5) is 5.69 Å². The van der Waals surface area contributed by atoms with Gasteiger partial charge in [-0.2, -0.15) is 0 Å². The zero-order valence-electron chi connectivity index (χ0n) is 11.2. The van der Waals surface area contributed by atoms with Crippen LogP contribution in [0.2, 0.25) is 0 Å². The number of nitrogens with one attached hydrogen (secondary N) is 1. The van der Waals surface area contributed by atoms with E-state index in [0.717, 1.165) is 0 Å². The minimum Gasteiger partial charge on any atom is -0.508 e. The highest BCUT2D eigenvalue weighted by molar-refractivity contribution is 9.10. The summed E-state index contributed by atoms with van der Waals surface area (Å²) in [5, 5.41) is 12.4. The lowest BCUT2D eigenvalue weighted by atomic mass is 10.1. The molecule has 0 aliphatic heterocycles. The molecule has 4 nitrogen and oxygen atoms in total. The summed E-state index contributed by atoms with van der Waals surface area (Å²) in [6, 6.07) is 9.96. The molecule has 0 radical (unpaired) electrons. The molecule has 0 aromatic heterocycles. The molecule has 6 heteroatoms. The summed E-state index contributed by atoms with van der Waals surface area (Å²) in [5.41, 5.74) is 7.95. The number of nitrogens with two attached hydrogens (primary N) is 1. The van der Waals surface area contributed by atoms with Gasteiger partial charge >= 0.3 is 0 Å². The Morgan fingerprint density at radius 1 is 1.24 bits per heavy atom. The van der Waals surface area contributed by atoms with Gasteiger partial charge in [0, 0.05) is 15.6 Å². The van der Waals surface area contributed by atoms with Crippen molar-refractivity contribution in [3.8, 4) is 5.75 Å². The first kappa shape index (κ1) is 15.5. The Bertz CT molecular complexity index is 732. The maximum atomic E-state index is 12.2. The largest absolute Gasteiger partial charge is 0.508 e. The number of halogens is 1. The van der Waals surface area contributed by atoms with Gasteiger partial charge in [-0.15, -0.1) is 0 Å². The first-order valence-electron chi connectivity index (χ1n) is 6.09. The predicted octanol–water partition coefficient (Wildman–Crippen LogP) is 3.35. The lowest BCUT2D eigenvalue weighted by molar-refractivity contribution is 0.102. The van der Waals surface area contributed by atoms with E-state index >= 15 is 0 Å². The number of thiocarbonyl (C=S) groups is 1. The zero-order chi connectivity index (χ0) is 15.6. The van der Waals surface area contributed by atoms with E-state index < -0.39 is 0 Å². The molecule has 2 aromatic carbocycles. The van der Waals surface area contributed by atoms with E-state index in [1.165, 1.54) is 6.07 Å². The Morgan fingerprint density at radius 3 is 2.48 bits per heavy atom. The molecule has 2 aromatic rings. The molecule has 0 unspecified atom stereocenters. The topological polar surface area (TPSA) is 75.4 Å². The molecular formula is C15H13BrN2O2S. The second-order valence-electron chi connectivity index (χ2n) is 4.51. The summed E-state index contributed by atoms with van der Waals surface area (Å²) in [4.78, 5) is 12.4. The first-order chi connectivity index (χ1) is 9.88. The molecule has 0 aliphatic carbocycles. The van der Waals surface area contributed by atoms with Crippen molar-refractivity contribution in [1.29, 1.82) is 0 Å². The van der Waals surface area contributed by atoms with Crippen molar-refractivity contribution in [3.63, 3.8) is 0 Å². The smallest absolute Gasteiger partial charge is 0.255 e. The molecule has 0 aliphatic rings. The summed E-state index contributed by atoms with van der Waals surface area (Å²) in [6.07, 6.45) is 0. The zero-order valence-corrected chi connectivity index (χ0v) is 13.6. The van der Waals surface area contributed by atoms with Gasteiger partial charge in [0.15, 0.2) is 0 Å². The molecule has 2 rings (SSSR count). The van der Waals surface area contributed by atoms with Crippen LogP contribution in [-0.4, -0.2) is 16.0 Å². The fraction of sp³-hybridized carbons (Fsp3) is 0.0667. The highest BCUT2D eigenvalue weighted by Crippen LogP contribution is 2.25. The molecule has 21 heavy (non-hydrogen) atoms. The lowest BCUT2D eigenvalue weighted by Crippen LogP contribution is -2.13. The third-order valence-electron chi connectivity index (χ3n) is 2.97. The Hall–Kier alpha value is -1.92. The van der Waals surface area contributed by atoms with E-state index in [9.17, 15) is 9.90 Å². The number of amides is 1. The molecule has 0 saturated carbocycles. The molecule has 0 spiro atoms. The van der Waals surface area contributed by atoms with Crippen molar-refractivity contribution in [2.75, 3.05) is 5.32 Å². The Morgan fingerprint density at radius 2 is 1.90 bits per heavy atom. The van der Waals surface area contributed by atoms with Crippen molar-refractivity contribution in [2.24, 2.45) is 5.73 Å². The minimum absolute atomic E-state index is 0.0885. The number of anilines is 1. The maximum Gasteiger partial charge on any atom is 0.255 e. The molecule has 108 valence electrons. The van der Waals surface area contributed by atoms with Crippen LogP contribution in [0.1, 0.15) is 21.5 Å². The van der Waals surface area contributed by atoms with Crippen molar-refractivity contribution in [1.82, 2.24) is 0 Å². The lowest BCUT2D eigenvalue weighted by Gasteiger charge is -2.09. The normalized spacial score (nSPS) is 10.2. The van der Waals surface area contributed by atoms with E-state index in [1.807, 2.05) is 0 Å². The van der Waals surface area contributed by atoms with Crippen LogP contribution in [0, 0.1) is 6.92 Å². The number of hydrogen-bond acceptors (Lipinski definition) is 3. The highest BCUT2D eigenvalue weighted by Gasteiger charge is 2.10. The molecule has 0 fully saturated rings. The third-order valence-corrected chi connectivity index (χ3v) is 3.86. The van der Waals surface area contributed by atoms with Gasteiger partial charge in [0.1, 0.15) is 10.7 Å². The third kappa shape index (κ3) is 3.59. The number of aromatic hydroxyl groups is 1. The molecule has 4 N–H and O–H groups in total. The van der Waals surface area contributed by atoms with Crippen molar-refractivity contribution in [2.45, 2.75) is 6.92 Å². The monoisotopic (exact) mass is 364 g/mol. The van der Waals surface area contributed by atoms with E-state index in [2.05, 4.69) is 21.2 Å². The van der Waals surface area contributed by atoms with Crippen LogP contribution in [-0.2, 0) is 0 Å². The van der Waals surface area contributed by atoms with Crippen molar-refractivity contribution in [3.05, 3.63) is 57.6 Å². The van der Waals surface area contributed by atoms with Crippen molar-refractivity contribution < 1.29 is 9.90 Å². The van der Waals surface area contributed by atoms with E-state index in [0.29, 0.717) is 26.9 Å². The highest BCUT2D eigenvalue weighted by atomic mass is 79.9. The van der Waals surface area contributed by atoms with Crippen LogP contribution in [0.5, 0.6) is 5.75 Å². The van der Waals surface area contributed by atoms with E-state index in [1.54, 1.807) is 37.3 Å². The molecule has 0 saturated heterocycles. The fourth-order valence-electron chi connectivity index (χ4n) is 1.71. The number of aryl methyl sites for hydroxylation is 1. The van der Waals surface area contributed by atoms with E-state index in [4.69, 9.17) is 18.0 Å². The Labute approximate surface area is 136 Å². The van der Waals surface area contributed by atoms with Gasteiger partial charge in [-0.05, 0) is 58.7 Å². The summed E-state index contributed by atoms with van der Waals surface area (Å²) in [6.45, 7) is 1.77. The fourth-order valence-corrected chi connectivity index (χ4v) is 2.32. The molecule has 0 atom stereocenters. The Balaban J connectivity index is 2.23. The quantitative estimate of drug-likeness (QED) is 0.730. The standard InChI is InChI=1S/C15H13BrN2O2S/c1-8-2-3-10(7-13(8)19)15(20)18-12-5-4-9(14(17)21)6-11(12)16/h2-7,19H,1H3,(H2,17,21)(H,18,20). The summed E-state index contributed by atoms with van der Waals surface area (Å²) in [7, 11) is 0. The SMILES string of the molecule is Cc1ccc(C(=O)Nc2ccc(C(N)=S)cc2Br)cc1O. The molecular weight excluding hydrogens is 352 g/mol. The van der Waals surface area contributed by atoms with Crippen molar-refractivity contribution >= 4 is 44.7 Å².